The van der Waals surface area contributed by atoms with Gasteiger partial charge in [-0.3, -0.25) is 9.52 Å². The molecule has 6 nitrogen and oxygen atoms in total. The number of benzene rings is 2. The van der Waals surface area contributed by atoms with Crippen LogP contribution in [0.25, 0.3) is 0 Å². The summed E-state index contributed by atoms with van der Waals surface area (Å²) >= 11 is 0. The first-order chi connectivity index (χ1) is 13.0. The Hall–Kier alpha value is -2.85. The van der Waals surface area contributed by atoms with Crippen LogP contribution >= 0.6 is 0 Å². The smallest absolute Gasteiger partial charge is 0.261 e. The number of nitriles is 1. The molecule has 0 unspecified atom stereocenters. The summed E-state index contributed by atoms with van der Waals surface area (Å²) in [5.74, 6) is -0.186. The Labute approximate surface area is 159 Å². The van der Waals surface area contributed by atoms with Gasteiger partial charge in [-0.2, -0.15) is 5.26 Å². The van der Waals surface area contributed by atoms with Crippen molar-refractivity contribution in [1.29, 1.82) is 5.26 Å². The van der Waals surface area contributed by atoms with E-state index in [1.165, 1.54) is 42.8 Å². The molecule has 0 spiro atoms. The molecule has 1 fully saturated rings. The van der Waals surface area contributed by atoms with E-state index in [9.17, 15) is 13.2 Å². The lowest BCUT2D eigenvalue weighted by molar-refractivity contribution is 0.0927. The number of amides is 1. The fourth-order valence-electron chi connectivity index (χ4n) is 3.17. The van der Waals surface area contributed by atoms with Crippen LogP contribution in [0.15, 0.2) is 53.4 Å². The van der Waals surface area contributed by atoms with Gasteiger partial charge in [0.2, 0.25) is 0 Å². The van der Waals surface area contributed by atoms with Crippen molar-refractivity contribution in [2.45, 2.75) is 43.0 Å². The number of nitrogens with zero attached hydrogens (tertiary/aromatic N) is 1. The fourth-order valence-corrected chi connectivity index (χ4v) is 4.25. The van der Waals surface area contributed by atoms with E-state index < -0.39 is 10.0 Å². The molecule has 2 aromatic carbocycles. The second-order valence-electron chi connectivity index (χ2n) is 6.60. The molecule has 2 N–H and O–H groups in total. The first-order valence-corrected chi connectivity index (χ1v) is 10.4. The molecule has 140 valence electrons. The first kappa shape index (κ1) is 18.9. The van der Waals surface area contributed by atoms with Gasteiger partial charge in [0.15, 0.2) is 0 Å². The molecular formula is C20H21N3O3S. The third-order valence-corrected chi connectivity index (χ3v) is 6.04. The predicted octanol–water partition coefficient (Wildman–Crippen LogP) is 3.42. The topological polar surface area (TPSA) is 99.1 Å². The third kappa shape index (κ3) is 4.66. The minimum atomic E-state index is -3.85. The number of sulfonamides is 1. The Morgan fingerprint density at radius 3 is 2.33 bits per heavy atom. The van der Waals surface area contributed by atoms with Crippen LogP contribution in [0, 0.1) is 11.3 Å². The summed E-state index contributed by atoms with van der Waals surface area (Å²) in [4.78, 5) is 12.4. The van der Waals surface area contributed by atoms with Crippen molar-refractivity contribution in [3.63, 3.8) is 0 Å². The van der Waals surface area contributed by atoms with Crippen molar-refractivity contribution in [1.82, 2.24) is 5.32 Å². The van der Waals surface area contributed by atoms with Crippen LogP contribution in [-0.2, 0) is 10.0 Å². The molecule has 0 radical (unpaired) electrons. The minimum absolute atomic E-state index is 0.0319. The van der Waals surface area contributed by atoms with Gasteiger partial charge in [-0.1, -0.05) is 31.4 Å². The van der Waals surface area contributed by atoms with Crippen LogP contribution in [0.3, 0.4) is 0 Å². The molecule has 0 bridgehead atoms. The van der Waals surface area contributed by atoms with E-state index >= 15 is 0 Å². The van der Waals surface area contributed by atoms with Crippen LogP contribution in [0.2, 0.25) is 0 Å². The highest BCUT2D eigenvalue weighted by Gasteiger charge is 2.19. The summed E-state index contributed by atoms with van der Waals surface area (Å²) in [5.41, 5.74) is 0.889. The van der Waals surface area contributed by atoms with Crippen LogP contribution in [0.5, 0.6) is 0 Å². The molecule has 0 saturated heterocycles. The molecule has 1 amide bonds. The Balaban J connectivity index is 1.72. The highest BCUT2D eigenvalue weighted by atomic mass is 32.2. The average molecular weight is 383 g/mol. The molecule has 2 aromatic rings. The molecule has 1 saturated carbocycles. The Morgan fingerprint density at radius 1 is 1.00 bits per heavy atom. The largest absolute Gasteiger partial charge is 0.349 e. The Morgan fingerprint density at radius 2 is 1.67 bits per heavy atom. The molecule has 3 rings (SSSR count). The first-order valence-electron chi connectivity index (χ1n) is 8.92. The Kier molecular flexibility index (Phi) is 5.77. The zero-order chi connectivity index (χ0) is 19.3. The molecule has 7 heteroatoms. The monoisotopic (exact) mass is 383 g/mol. The zero-order valence-corrected chi connectivity index (χ0v) is 15.6. The van der Waals surface area contributed by atoms with Gasteiger partial charge < -0.3 is 5.32 Å². The second kappa shape index (κ2) is 8.23. The van der Waals surface area contributed by atoms with E-state index in [2.05, 4.69) is 10.0 Å². The number of carbonyl (C=O) groups excluding carboxylic acids is 1. The van der Waals surface area contributed by atoms with Gasteiger partial charge in [0.05, 0.1) is 16.1 Å². The lowest BCUT2D eigenvalue weighted by Gasteiger charge is -2.22. The minimum Gasteiger partial charge on any atom is -0.349 e. The van der Waals surface area contributed by atoms with Gasteiger partial charge in [-0.05, 0) is 49.2 Å². The molecule has 1 aliphatic rings. The van der Waals surface area contributed by atoms with Crippen molar-refractivity contribution in [2.75, 3.05) is 4.72 Å². The van der Waals surface area contributed by atoms with Crippen molar-refractivity contribution in [3.05, 3.63) is 59.7 Å². The summed E-state index contributed by atoms with van der Waals surface area (Å²) in [5, 5.41) is 12.1. The summed E-state index contributed by atoms with van der Waals surface area (Å²) in [6, 6.07) is 14.3. The van der Waals surface area contributed by atoms with Gasteiger partial charge >= 0.3 is 0 Å². The quantitative estimate of drug-likeness (QED) is 0.826. The number of anilines is 1. The number of hydrogen-bond donors (Lipinski definition) is 2. The molecule has 0 aliphatic heterocycles. The van der Waals surface area contributed by atoms with E-state index in [-0.39, 0.29) is 28.1 Å². The number of carbonyl (C=O) groups is 1. The third-order valence-electron chi connectivity index (χ3n) is 4.66. The molecule has 1 aliphatic carbocycles. The summed E-state index contributed by atoms with van der Waals surface area (Å²) in [6.45, 7) is 0. The molecule has 27 heavy (non-hydrogen) atoms. The molecule has 0 aromatic heterocycles. The number of rotatable bonds is 5. The number of nitrogens with one attached hydrogen (secondary N) is 2. The molecule has 0 heterocycles. The molecule has 0 atom stereocenters. The lowest BCUT2D eigenvalue weighted by Crippen LogP contribution is -2.36. The maximum Gasteiger partial charge on any atom is 0.261 e. The van der Waals surface area contributed by atoms with Crippen molar-refractivity contribution >= 4 is 21.6 Å². The van der Waals surface area contributed by atoms with Crippen molar-refractivity contribution in [2.24, 2.45) is 0 Å². The predicted molar refractivity (Wildman–Crippen MR) is 103 cm³/mol. The van der Waals surface area contributed by atoms with E-state index in [4.69, 9.17) is 5.26 Å². The highest BCUT2D eigenvalue weighted by molar-refractivity contribution is 7.92. The summed E-state index contributed by atoms with van der Waals surface area (Å²) < 4.78 is 27.5. The van der Waals surface area contributed by atoms with Gasteiger partial charge in [0, 0.05) is 11.6 Å². The van der Waals surface area contributed by atoms with Crippen molar-refractivity contribution in [3.8, 4) is 6.07 Å². The summed E-state index contributed by atoms with van der Waals surface area (Å²) in [7, 11) is -3.85. The van der Waals surface area contributed by atoms with Crippen LogP contribution in [0.4, 0.5) is 5.69 Å². The van der Waals surface area contributed by atoms with Crippen LogP contribution < -0.4 is 10.0 Å². The van der Waals surface area contributed by atoms with Gasteiger partial charge in [0.25, 0.3) is 15.9 Å². The normalized spacial score (nSPS) is 14.9. The second-order valence-corrected chi connectivity index (χ2v) is 8.28. The van der Waals surface area contributed by atoms with Crippen LogP contribution in [0.1, 0.15) is 48.0 Å². The molecular weight excluding hydrogens is 362 g/mol. The fraction of sp³-hybridized carbons (Fsp3) is 0.300. The standard InChI is InChI=1S/C20H21N3O3S/c21-14-16-6-4-5-9-19(16)23-27(25,26)18-12-10-15(11-13-18)20(24)22-17-7-2-1-3-8-17/h4-6,9-13,17,23H,1-3,7-8H2,(H,22,24). The van der Waals surface area contributed by atoms with Crippen LogP contribution in [-0.4, -0.2) is 20.4 Å². The van der Waals surface area contributed by atoms with Gasteiger partial charge in [-0.15, -0.1) is 0 Å². The van der Waals surface area contributed by atoms with E-state index in [1.807, 2.05) is 6.07 Å². The van der Waals surface area contributed by atoms with E-state index in [0.717, 1.165) is 25.7 Å². The van der Waals surface area contributed by atoms with Gasteiger partial charge in [0.1, 0.15) is 6.07 Å². The highest BCUT2D eigenvalue weighted by Crippen LogP contribution is 2.21. The Bertz CT molecular complexity index is 957. The van der Waals surface area contributed by atoms with E-state index in [0.29, 0.717) is 5.56 Å². The SMILES string of the molecule is N#Cc1ccccc1NS(=O)(=O)c1ccc(C(=O)NC2CCCCC2)cc1. The zero-order valence-electron chi connectivity index (χ0n) is 14.8. The summed E-state index contributed by atoms with van der Waals surface area (Å²) in [6.07, 6.45) is 5.43. The lowest BCUT2D eigenvalue weighted by atomic mass is 9.95. The number of hydrogen-bond acceptors (Lipinski definition) is 4. The maximum atomic E-state index is 12.5. The van der Waals surface area contributed by atoms with Gasteiger partial charge in [-0.25, -0.2) is 8.42 Å². The van der Waals surface area contributed by atoms with Crippen molar-refractivity contribution < 1.29 is 13.2 Å². The maximum absolute atomic E-state index is 12.5. The number of para-hydroxylation sites is 1. The van der Waals surface area contributed by atoms with E-state index in [1.54, 1.807) is 12.1 Å². The average Bonchev–Trinajstić information content (AvgIpc) is 2.69.